The molecule has 0 N–H and O–H groups in total. The number of hydrogen-bond acceptors (Lipinski definition) is 6. The Morgan fingerprint density at radius 2 is 1.27 bits per heavy atom. The molecule has 4 aromatic carbocycles. The van der Waals surface area contributed by atoms with Crippen LogP contribution in [-0.4, -0.2) is 39.4 Å². The third-order valence-electron chi connectivity index (χ3n) is 8.77. The Labute approximate surface area is 287 Å². The molecule has 7 rings (SSSR count). The predicted molar refractivity (Wildman–Crippen MR) is 188 cm³/mol. The maximum absolute atomic E-state index is 14.5. The van der Waals surface area contributed by atoms with Crippen molar-refractivity contribution in [1.82, 2.24) is 15.0 Å². The van der Waals surface area contributed by atoms with Crippen molar-refractivity contribution in [2.45, 2.75) is 29.1 Å². The second-order valence-electron chi connectivity index (χ2n) is 11.9. The number of ether oxygens (including phenoxy) is 1. The van der Waals surface area contributed by atoms with Gasteiger partial charge in [-0.25, -0.2) is 23.1 Å². The molecule has 2 unspecified atom stereocenters. The monoisotopic (exact) mass is 674 g/mol. The quantitative estimate of drug-likeness (QED) is 0.101. The van der Waals surface area contributed by atoms with Crippen LogP contribution in [0.15, 0.2) is 140 Å². The Kier molecular flexibility index (Phi) is 9.72. The van der Waals surface area contributed by atoms with Crippen molar-refractivity contribution < 1.29 is 17.9 Å². The first-order valence-corrected chi connectivity index (χ1v) is 16.9. The predicted octanol–water partition coefficient (Wildman–Crippen LogP) is 8.85. The van der Waals surface area contributed by atoms with E-state index in [9.17, 15) is 13.2 Å². The summed E-state index contributed by atoms with van der Waals surface area (Å²) in [6, 6.07) is 38.5. The zero-order chi connectivity index (χ0) is 33.6. The average Bonchev–Trinajstić information content (AvgIpc) is 3.56. The molecule has 246 valence electrons. The van der Waals surface area contributed by atoms with Gasteiger partial charge in [0.15, 0.2) is 11.6 Å². The van der Waals surface area contributed by atoms with Gasteiger partial charge in [-0.3, -0.25) is 4.98 Å². The van der Waals surface area contributed by atoms with Crippen molar-refractivity contribution >= 4 is 17.7 Å². The number of aromatic nitrogens is 3. The molecule has 1 saturated heterocycles. The fourth-order valence-electron chi connectivity index (χ4n) is 6.45. The van der Waals surface area contributed by atoms with Crippen molar-refractivity contribution in [2.24, 2.45) is 0 Å². The molecule has 0 saturated carbocycles. The molecule has 1 fully saturated rings. The summed E-state index contributed by atoms with van der Waals surface area (Å²) in [6.07, 6.45) is 5.97. The minimum Gasteiger partial charge on any atom is -0.375 e. The van der Waals surface area contributed by atoms with Crippen LogP contribution in [0.1, 0.15) is 28.7 Å². The molecular formula is C40H33F3N4OS. The molecule has 3 heterocycles. The van der Waals surface area contributed by atoms with Crippen LogP contribution in [0.5, 0.6) is 0 Å². The van der Waals surface area contributed by atoms with E-state index in [0.29, 0.717) is 25.0 Å². The Bertz CT molecular complexity index is 1870. The molecule has 49 heavy (non-hydrogen) atoms. The number of hydrogen-bond donors (Lipinski definition) is 0. The number of thioether (sulfide) groups is 1. The van der Waals surface area contributed by atoms with Gasteiger partial charge in [-0.1, -0.05) is 97.1 Å². The average molecular weight is 675 g/mol. The highest BCUT2D eigenvalue weighted by atomic mass is 32.2. The Morgan fingerprint density at radius 1 is 0.694 bits per heavy atom. The third kappa shape index (κ3) is 6.95. The van der Waals surface area contributed by atoms with Crippen LogP contribution in [0.2, 0.25) is 0 Å². The van der Waals surface area contributed by atoms with Gasteiger partial charge < -0.3 is 9.64 Å². The van der Waals surface area contributed by atoms with Gasteiger partial charge in [0.1, 0.15) is 5.82 Å². The molecule has 0 aliphatic carbocycles. The summed E-state index contributed by atoms with van der Waals surface area (Å²) in [7, 11) is 0. The van der Waals surface area contributed by atoms with E-state index in [1.807, 2.05) is 48.2 Å². The summed E-state index contributed by atoms with van der Waals surface area (Å²) in [6.45, 7) is 0.623. The van der Waals surface area contributed by atoms with Crippen molar-refractivity contribution in [3.63, 3.8) is 0 Å². The van der Waals surface area contributed by atoms with Crippen LogP contribution >= 0.6 is 11.8 Å². The highest BCUT2D eigenvalue weighted by Gasteiger charge is 2.43. The fourth-order valence-corrected chi connectivity index (χ4v) is 8.32. The number of benzene rings is 4. The molecule has 5 nitrogen and oxygen atoms in total. The highest BCUT2D eigenvalue weighted by Crippen LogP contribution is 2.52. The van der Waals surface area contributed by atoms with E-state index in [2.05, 4.69) is 82.7 Å². The first kappa shape index (κ1) is 32.6. The highest BCUT2D eigenvalue weighted by molar-refractivity contribution is 8.01. The van der Waals surface area contributed by atoms with Gasteiger partial charge in [0.05, 0.1) is 29.7 Å². The zero-order valence-electron chi connectivity index (χ0n) is 26.5. The lowest BCUT2D eigenvalue weighted by molar-refractivity contribution is 0.106. The minimum atomic E-state index is -1.23. The maximum Gasteiger partial charge on any atom is 0.225 e. The van der Waals surface area contributed by atoms with Crippen molar-refractivity contribution in [3.8, 4) is 11.3 Å². The smallest absolute Gasteiger partial charge is 0.225 e. The lowest BCUT2D eigenvalue weighted by Gasteiger charge is -2.37. The van der Waals surface area contributed by atoms with E-state index in [4.69, 9.17) is 14.7 Å². The number of nitrogens with zero attached hydrogens (tertiary/aromatic N) is 4. The fraction of sp³-hybridized carbons (Fsp3) is 0.175. The van der Waals surface area contributed by atoms with Gasteiger partial charge in [-0.2, -0.15) is 0 Å². The second-order valence-corrected chi connectivity index (χ2v) is 13.4. The summed E-state index contributed by atoms with van der Waals surface area (Å²) in [5.41, 5.74) is 5.01. The Morgan fingerprint density at radius 3 is 1.84 bits per heavy atom. The molecule has 9 heteroatoms. The molecule has 0 radical (unpaired) electrons. The van der Waals surface area contributed by atoms with Crippen LogP contribution in [0, 0.1) is 17.5 Å². The molecule has 2 atom stereocenters. The number of pyridine rings is 1. The second kappa shape index (κ2) is 14.6. The summed E-state index contributed by atoms with van der Waals surface area (Å²) in [5.74, 6) is -2.64. The van der Waals surface area contributed by atoms with E-state index < -0.39 is 22.2 Å². The van der Waals surface area contributed by atoms with E-state index >= 15 is 0 Å². The Balaban J connectivity index is 1.22. The normalized spacial score (nSPS) is 16.2. The number of anilines is 1. The largest absolute Gasteiger partial charge is 0.375 e. The van der Waals surface area contributed by atoms with Gasteiger partial charge in [0, 0.05) is 47.6 Å². The van der Waals surface area contributed by atoms with E-state index in [-0.39, 0.29) is 30.1 Å². The van der Waals surface area contributed by atoms with Crippen LogP contribution < -0.4 is 4.90 Å². The molecule has 6 aromatic rings. The lowest BCUT2D eigenvalue weighted by Crippen LogP contribution is -2.35. The lowest BCUT2D eigenvalue weighted by atomic mass is 9.84. The first-order chi connectivity index (χ1) is 24.0. The maximum atomic E-state index is 14.5. The molecule has 0 amide bonds. The zero-order valence-corrected chi connectivity index (χ0v) is 27.3. The summed E-state index contributed by atoms with van der Waals surface area (Å²) in [5, 5.41) is 0.0910. The van der Waals surface area contributed by atoms with Gasteiger partial charge in [0.2, 0.25) is 5.95 Å². The van der Waals surface area contributed by atoms with Crippen LogP contribution in [0.25, 0.3) is 11.3 Å². The molecule has 2 aromatic heterocycles. The van der Waals surface area contributed by atoms with Crippen molar-refractivity contribution in [2.75, 3.05) is 18.1 Å². The molecule has 1 aliphatic heterocycles. The van der Waals surface area contributed by atoms with Crippen molar-refractivity contribution in [3.05, 3.63) is 180 Å². The topological polar surface area (TPSA) is 51.1 Å². The Hall–Kier alpha value is -4.99. The molecule has 0 spiro atoms. The van der Waals surface area contributed by atoms with Crippen LogP contribution in [0.3, 0.4) is 0 Å². The van der Waals surface area contributed by atoms with Gasteiger partial charge >= 0.3 is 0 Å². The minimum absolute atomic E-state index is 0.0402. The summed E-state index contributed by atoms with van der Waals surface area (Å²) in [4.78, 5) is 16.1. The molecule has 0 bridgehead atoms. The van der Waals surface area contributed by atoms with E-state index in [1.165, 1.54) is 0 Å². The molecular weight excluding hydrogens is 642 g/mol. The van der Waals surface area contributed by atoms with E-state index in [1.54, 1.807) is 18.6 Å². The van der Waals surface area contributed by atoms with E-state index in [0.717, 1.165) is 34.0 Å². The number of halogens is 3. The van der Waals surface area contributed by atoms with Crippen molar-refractivity contribution in [1.29, 1.82) is 0 Å². The summed E-state index contributed by atoms with van der Waals surface area (Å²) < 4.78 is 47.4. The molecule has 1 aliphatic rings. The number of rotatable bonds is 11. The standard InChI is InChI=1S/C40H33F3N4OS/c41-35-22-37(43)36(42)20-28(35)26-48-27-33-21-34(25-47(33)39-45-23-29(24-46-39)38-18-10-11-19-44-38)49-40(30-12-4-1-5-13-30,31-14-6-2-7-15-31)32-16-8-3-9-17-32/h1-20,22-24,33-34H,21,25-27H2. The summed E-state index contributed by atoms with van der Waals surface area (Å²) >= 11 is 1.88. The SMILES string of the molecule is Fc1cc(F)c(COCC2CC(SC(c3ccccc3)(c3ccccc3)c3ccccc3)CN2c2ncc(-c3ccccn3)cn2)cc1F. The van der Waals surface area contributed by atoms with Gasteiger partial charge in [-0.15, -0.1) is 11.8 Å². The first-order valence-electron chi connectivity index (χ1n) is 16.1. The van der Waals surface area contributed by atoms with Crippen LogP contribution in [0.4, 0.5) is 19.1 Å². The van der Waals surface area contributed by atoms with Crippen LogP contribution in [-0.2, 0) is 16.1 Å². The third-order valence-corrected chi connectivity index (χ3v) is 10.5. The van der Waals surface area contributed by atoms with Gasteiger partial charge in [0.25, 0.3) is 0 Å². The van der Waals surface area contributed by atoms with Gasteiger partial charge in [-0.05, 0) is 41.3 Å².